The van der Waals surface area contributed by atoms with E-state index in [4.69, 9.17) is 5.73 Å². The van der Waals surface area contributed by atoms with Crippen LogP contribution in [-0.4, -0.2) is 12.3 Å². The second-order valence-electron chi connectivity index (χ2n) is 2.66. The minimum absolute atomic E-state index is 0.594. The molecular formula is C11H13NS. The largest absolute Gasteiger partial charge is 0.330 e. The molecule has 0 unspecified atom stereocenters. The highest BCUT2D eigenvalue weighted by atomic mass is 32.1. The molecule has 1 nitrogen and oxygen atoms in total. The third-order valence-corrected chi connectivity index (χ3v) is 1.89. The standard InChI is InChI=1S/C11H13NS/c12-8-7-11-5-2-1-4-10(11)6-3-9-13/h1-2,4-5,13H,7-9,12H2. The van der Waals surface area contributed by atoms with E-state index in [-0.39, 0.29) is 0 Å². The second kappa shape index (κ2) is 5.69. The molecule has 1 aromatic carbocycles. The van der Waals surface area contributed by atoms with Crippen LogP contribution in [0.1, 0.15) is 11.1 Å². The zero-order chi connectivity index (χ0) is 9.52. The van der Waals surface area contributed by atoms with Gasteiger partial charge in [0.2, 0.25) is 0 Å². The molecule has 0 atom stereocenters. The lowest BCUT2D eigenvalue weighted by Crippen LogP contribution is -2.04. The highest BCUT2D eigenvalue weighted by molar-refractivity contribution is 7.80. The average Bonchev–Trinajstić information content (AvgIpc) is 2.17. The first kappa shape index (κ1) is 10.2. The van der Waals surface area contributed by atoms with Crippen LogP contribution >= 0.6 is 12.6 Å². The molecule has 68 valence electrons. The first-order chi connectivity index (χ1) is 6.38. The maximum atomic E-state index is 5.49. The number of benzene rings is 1. The van der Waals surface area contributed by atoms with Crippen LogP contribution in [0.2, 0.25) is 0 Å². The summed E-state index contributed by atoms with van der Waals surface area (Å²) in [4.78, 5) is 0. The smallest absolute Gasteiger partial charge is 0.0521 e. The Hall–Kier alpha value is -0.910. The average molecular weight is 191 g/mol. The fourth-order valence-electron chi connectivity index (χ4n) is 1.15. The number of hydrogen-bond acceptors (Lipinski definition) is 2. The highest BCUT2D eigenvalue weighted by Gasteiger charge is 1.95. The van der Waals surface area contributed by atoms with E-state index in [9.17, 15) is 0 Å². The van der Waals surface area contributed by atoms with Gasteiger partial charge in [0, 0.05) is 5.56 Å². The molecule has 2 heteroatoms. The summed E-state index contributed by atoms with van der Waals surface area (Å²) in [5, 5.41) is 0. The molecule has 0 bridgehead atoms. The molecule has 0 heterocycles. The van der Waals surface area contributed by atoms with E-state index in [1.165, 1.54) is 5.56 Å². The Morgan fingerprint density at radius 3 is 2.77 bits per heavy atom. The molecule has 0 radical (unpaired) electrons. The minimum Gasteiger partial charge on any atom is -0.330 e. The van der Waals surface area contributed by atoms with Gasteiger partial charge < -0.3 is 5.73 Å². The van der Waals surface area contributed by atoms with Gasteiger partial charge in [-0.25, -0.2) is 0 Å². The molecule has 0 fully saturated rings. The second-order valence-corrected chi connectivity index (χ2v) is 2.97. The Kier molecular flexibility index (Phi) is 4.45. The van der Waals surface area contributed by atoms with Crippen LogP contribution in [0.25, 0.3) is 0 Å². The van der Waals surface area contributed by atoms with Crippen molar-refractivity contribution in [2.45, 2.75) is 6.42 Å². The van der Waals surface area contributed by atoms with Crippen LogP contribution in [0.3, 0.4) is 0 Å². The Balaban J connectivity index is 2.90. The van der Waals surface area contributed by atoms with E-state index in [0.717, 1.165) is 12.0 Å². The topological polar surface area (TPSA) is 26.0 Å². The molecule has 0 saturated heterocycles. The van der Waals surface area contributed by atoms with Crippen LogP contribution in [0.15, 0.2) is 24.3 Å². The number of thiol groups is 1. The van der Waals surface area contributed by atoms with Crippen molar-refractivity contribution in [1.82, 2.24) is 0 Å². The SMILES string of the molecule is NCCc1ccccc1C#CCS. The van der Waals surface area contributed by atoms with Gasteiger partial charge in [-0.1, -0.05) is 30.0 Å². The van der Waals surface area contributed by atoms with Gasteiger partial charge >= 0.3 is 0 Å². The normalized spacial score (nSPS) is 9.08. The molecule has 0 aliphatic heterocycles. The summed E-state index contributed by atoms with van der Waals surface area (Å²) in [6.07, 6.45) is 0.886. The lowest BCUT2D eigenvalue weighted by Gasteiger charge is -2.00. The van der Waals surface area contributed by atoms with Crippen LogP contribution in [0.4, 0.5) is 0 Å². The van der Waals surface area contributed by atoms with Gasteiger partial charge in [0.15, 0.2) is 0 Å². The van der Waals surface area contributed by atoms with Crippen molar-refractivity contribution in [1.29, 1.82) is 0 Å². The predicted molar refractivity (Wildman–Crippen MR) is 59.9 cm³/mol. The van der Waals surface area contributed by atoms with Crippen molar-refractivity contribution in [2.75, 3.05) is 12.3 Å². The third-order valence-electron chi connectivity index (χ3n) is 1.73. The van der Waals surface area contributed by atoms with Crippen LogP contribution in [0, 0.1) is 11.8 Å². The number of hydrogen-bond donors (Lipinski definition) is 2. The summed E-state index contributed by atoms with van der Waals surface area (Å²) in [5.74, 6) is 6.60. The molecule has 13 heavy (non-hydrogen) atoms. The molecular weight excluding hydrogens is 178 g/mol. The Morgan fingerprint density at radius 2 is 2.08 bits per heavy atom. The molecule has 0 aliphatic rings. The van der Waals surface area contributed by atoms with E-state index in [0.29, 0.717) is 12.3 Å². The zero-order valence-corrected chi connectivity index (χ0v) is 8.35. The van der Waals surface area contributed by atoms with Crippen molar-refractivity contribution in [3.63, 3.8) is 0 Å². The molecule has 0 aromatic heterocycles. The van der Waals surface area contributed by atoms with Gasteiger partial charge in [0.25, 0.3) is 0 Å². The van der Waals surface area contributed by atoms with Gasteiger partial charge in [-0.2, -0.15) is 12.6 Å². The van der Waals surface area contributed by atoms with Crippen molar-refractivity contribution in [3.8, 4) is 11.8 Å². The summed E-state index contributed by atoms with van der Waals surface area (Å²) < 4.78 is 0. The maximum Gasteiger partial charge on any atom is 0.0521 e. The van der Waals surface area contributed by atoms with Crippen LogP contribution in [0.5, 0.6) is 0 Å². The molecule has 0 amide bonds. The van der Waals surface area contributed by atoms with Crippen molar-refractivity contribution >= 4 is 12.6 Å². The lowest BCUT2D eigenvalue weighted by atomic mass is 10.1. The zero-order valence-electron chi connectivity index (χ0n) is 7.46. The summed E-state index contributed by atoms with van der Waals surface area (Å²) in [5.41, 5.74) is 7.79. The number of nitrogens with two attached hydrogens (primary N) is 1. The monoisotopic (exact) mass is 191 g/mol. The quantitative estimate of drug-likeness (QED) is 0.537. The van der Waals surface area contributed by atoms with Crippen molar-refractivity contribution < 1.29 is 0 Å². The summed E-state index contributed by atoms with van der Waals surface area (Å²) in [6, 6.07) is 8.08. The van der Waals surface area contributed by atoms with Crippen LogP contribution < -0.4 is 5.73 Å². The fourth-order valence-corrected chi connectivity index (χ4v) is 1.23. The van der Waals surface area contributed by atoms with E-state index in [2.05, 4.69) is 30.5 Å². The first-order valence-corrected chi connectivity index (χ1v) is 4.89. The van der Waals surface area contributed by atoms with Gasteiger partial charge in [0.05, 0.1) is 5.75 Å². The summed E-state index contributed by atoms with van der Waals surface area (Å²) in [6.45, 7) is 0.666. The summed E-state index contributed by atoms with van der Waals surface area (Å²) in [7, 11) is 0. The molecule has 2 N–H and O–H groups in total. The molecule has 0 spiro atoms. The lowest BCUT2D eigenvalue weighted by molar-refractivity contribution is 0.965. The predicted octanol–water partition coefficient (Wildman–Crippen LogP) is 1.47. The third kappa shape index (κ3) is 3.14. The van der Waals surface area contributed by atoms with Crippen molar-refractivity contribution in [3.05, 3.63) is 35.4 Å². The van der Waals surface area contributed by atoms with Gasteiger partial charge in [0.1, 0.15) is 0 Å². The Morgan fingerprint density at radius 1 is 1.31 bits per heavy atom. The fraction of sp³-hybridized carbons (Fsp3) is 0.273. The molecule has 0 aliphatic carbocycles. The van der Waals surface area contributed by atoms with E-state index >= 15 is 0 Å². The molecule has 1 rings (SSSR count). The maximum absolute atomic E-state index is 5.49. The van der Waals surface area contributed by atoms with E-state index in [1.807, 2.05) is 18.2 Å². The van der Waals surface area contributed by atoms with Gasteiger partial charge in [-0.15, -0.1) is 0 Å². The molecule has 0 saturated carbocycles. The highest BCUT2D eigenvalue weighted by Crippen LogP contribution is 2.07. The Labute approximate surface area is 84.8 Å². The van der Waals surface area contributed by atoms with E-state index in [1.54, 1.807) is 0 Å². The Bertz CT molecular complexity index is 322. The number of rotatable bonds is 2. The van der Waals surface area contributed by atoms with Crippen LogP contribution in [-0.2, 0) is 6.42 Å². The van der Waals surface area contributed by atoms with Gasteiger partial charge in [-0.3, -0.25) is 0 Å². The minimum atomic E-state index is 0.594. The first-order valence-electron chi connectivity index (χ1n) is 4.26. The van der Waals surface area contributed by atoms with Crippen molar-refractivity contribution in [2.24, 2.45) is 5.73 Å². The van der Waals surface area contributed by atoms with E-state index < -0.39 is 0 Å². The summed E-state index contributed by atoms with van der Waals surface area (Å²) >= 11 is 4.04. The van der Waals surface area contributed by atoms with Gasteiger partial charge in [-0.05, 0) is 24.6 Å². The molecule has 1 aromatic rings.